The molecule has 0 aromatic rings. The maximum Gasteiger partial charge on any atom is 0.00965 e. The van der Waals surface area contributed by atoms with Gasteiger partial charge in [-0.3, -0.25) is 0 Å². The molecule has 0 aromatic carbocycles. The third kappa shape index (κ3) is 2.25. The van der Waals surface area contributed by atoms with Crippen LogP contribution < -0.4 is 5.32 Å². The highest BCUT2D eigenvalue weighted by Gasteiger charge is 2.36. The first-order valence-electron chi connectivity index (χ1n) is 8.01. The van der Waals surface area contributed by atoms with Gasteiger partial charge in [-0.15, -0.1) is 0 Å². The van der Waals surface area contributed by atoms with Crippen LogP contribution in [0.1, 0.15) is 32.1 Å². The highest BCUT2D eigenvalue weighted by molar-refractivity contribution is 5.10. The van der Waals surface area contributed by atoms with Gasteiger partial charge < -0.3 is 10.2 Å². The van der Waals surface area contributed by atoms with E-state index < -0.39 is 0 Å². The number of hydrogen-bond donors (Lipinski definition) is 1. The Morgan fingerprint density at radius 3 is 2.72 bits per heavy atom. The van der Waals surface area contributed by atoms with Crippen LogP contribution >= 0.6 is 0 Å². The molecule has 3 fully saturated rings. The number of allylic oxidation sites excluding steroid dienone is 2. The van der Waals surface area contributed by atoms with Gasteiger partial charge in [-0.1, -0.05) is 12.2 Å². The van der Waals surface area contributed by atoms with E-state index in [2.05, 4.69) is 22.4 Å². The second-order valence-electron chi connectivity index (χ2n) is 7.08. The van der Waals surface area contributed by atoms with Crippen molar-refractivity contribution in [2.45, 2.75) is 38.1 Å². The predicted molar refractivity (Wildman–Crippen MR) is 74.4 cm³/mol. The fourth-order valence-corrected chi connectivity index (χ4v) is 4.40. The van der Waals surface area contributed by atoms with Crippen LogP contribution in [-0.2, 0) is 0 Å². The Morgan fingerprint density at radius 1 is 1.06 bits per heavy atom. The summed E-state index contributed by atoms with van der Waals surface area (Å²) >= 11 is 0. The van der Waals surface area contributed by atoms with Crippen LogP contribution in [-0.4, -0.2) is 37.1 Å². The van der Waals surface area contributed by atoms with Crippen LogP contribution in [0.5, 0.6) is 0 Å². The molecule has 18 heavy (non-hydrogen) atoms. The van der Waals surface area contributed by atoms with Crippen molar-refractivity contribution in [3.63, 3.8) is 0 Å². The largest absolute Gasteiger partial charge is 0.316 e. The van der Waals surface area contributed by atoms with Crippen molar-refractivity contribution in [2.24, 2.45) is 23.7 Å². The van der Waals surface area contributed by atoms with Gasteiger partial charge in [0.15, 0.2) is 0 Å². The first-order chi connectivity index (χ1) is 8.88. The Balaban J connectivity index is 1.17. The highest BCUT2D eigenvalue weighted by atomic mass is 15.2. The van der Waals surface area contributed by atoms with Gasteiger partial charge in [0, 0.05) is 12.6 Å². The number of fused-ring (bicyclic) bond motifs is 2. The predicted octanol–water partition coefficient (Wildman–Crippen LogP) is 2.27. The topological polar surface area (TPSA) is 15.3 Å². The lowest BCUT2D eigenvalue weighted by Gasteiger charge is -2.20. The number of rotatable bonds is 5. The van der Waals surface area contributed by atoms with Gasteiger partial charge in [-0.2, -0.15) is 0 Å². The molecule has 1 saturated heterocycles. The first-order valence-corrected chi connectivity index (χ1v) is 8.01. The Morgan fingerprint density at radius 2 is 2.00 bits per heavy atom. The molecule has 4 unspecified atom stereocenters. The number of nitrogens with one attached hydrogen (secondary N) is 1. The van der Waals surface area contributed by atoms with E-state index in [0.717, 1.165) is 29.7 Å². The molecule has 0 aromatic heterocycles. The fourth-order valence-electron chi connectivity index (χ4n) is 4.40. The second-order valence-corrected chi connectivity index (χ2v) is 7.08. The molecule has 0 radical (unpaired) electrons. The van der Waals surface area contributed by atoms with E-state index in [9.17, 15) is 0 Å². The van der Waals surface area contributed by atoms with Gasteiger partial charge in [0.1, 0.15) is 0 Å². The molecule has 3 aliphatic carbocycles. The maximum atomic E-state index is 3.77. The minimum absolute atomic E-state index is 0.911. The SMILES string of the molecule is C1=CC2CC1CC2CNCC1CCN(C2CC2)C1. The molecule has 4 aliphatic rings. The van der Waals surface area contributed by atoms with Crippen molar-refractivity contribution in [3.8, 4) is 0 Å². The van der Waals surface area contributed by atoms with Crippen molar-refractivity contribution >= 4 is 0 Å². The van der Waals surface area contributed by atoms with Crippen LogP contribution in [0.25, 0.3) is 0 Å². The smallest absolute Gasteiger partial charge is 0.00965 e. The van der Waals surface area contributed by atoms with Gasteiger partial charge in [0.25, 0.3) is 0 Å². The minimum atomic E-state index is 0.911. The lowest BCUT2D eigenvalue weighted by molar-refractivity contribution is 0.309. The van der Waals surface area contributed by atoms with Crippen molar-refractivity contribution in [1.82, 2.24) is 10.2 Å². The number of hydrogen-bond acceptors (Lipinski definition) is 2. The van der Waals surface area contributed by atoms with E-state index in [-0.39, 0.29) is 0 Å². The summed E-state index contributed by atoms with van der Waals surface area (Å²) in [5.74, 6) is 3.72. The molecule has 4 atom stereocenters. The monoisotopic (exact) mass is 246 g/mol. The molecule has 2 heteroatoms. The third-order valence-corrected chi connectivity index (χ3v) is 5.64. The van der Waals surface area contributed by atoms with Crippen LogP contribution in [0, 0.1) is 23.7 Å². The summed E-state index contributed by atoms with van der Waals surface area (Å²) in [5.41, 5.74) is 0. The van der Waals surface area contributed by atoms with Crippen LogP contribution in [0.15, 0.2) is 12.2 Å². The summed E-state index contributed by atoms with van der Waals surface area (Å²) in [5, 5.41) is 3.77. The quantitative estimate of drug-likeness (QED) is 0.749. The molecule has 2 nitrogen and oxygen atoms in total. The lowest BCUT2D eigenvalue weighted by atomic mass is 9.93. The highest BCUT2D eigenvalue weighted by Crippen LogP contribution is 2.43. The summed E-state index contributed by atoms with van der Waals surface area (Å²) in [4.78, 5) is 2.73. The normalized spacial score (nSPS) is 43.1. The summed E-state index contributed by atoms with van der Waals surface area (Å²) in [6.07, 6.45) is 12.2. The molecular formula is C16H26N2. The molecule has 0 amide bonds. The van der Waals surface area contributed by atoms with Crippen LogP contribution in [0.4, 0.5) is 0 Å². The summed E-state index contributed by atoms with van der Waals surface area (Å²) in [6, 6.07) is 0.978. The molecule has 2 saturated carbocycles. The van der Waals surface area contributed by atoms with Crippen molar-refractivity contribution in [1.29, 1.82) is 0 Å². The number of nitrogens with zero attached hydrogens (tertiary/aromatic N) is 1. The zero-order chi connectivity index (χ0) is 11.9. The van der Waals surface area contributed by atoms with Gasteiger partial charge in [-0.25, -0.2) is 0 Å². The van der Waals surface area contributed by atoms with Crippen LogP contribution in [0.2, 0.25) is 0 Å². The average Bonchev–Trinajstić information content (AvgIpc) is 2.84. The van der Waals surface area contributed by atoms with E-state index >= 15 is 0 Å². The Labute approximate surface area is 111 Å². The molecule has 1 heterocycles. The first kappa shape index (κ1) is 11.5. The van der Waals surface area contributed by atoms with E-state index in [4.69, 9.17) is 0 Å². The van der Waals surface area contributed by atoms with Crippen LogP contribution in [0.3, 0.4) is 0 Å². The summed E-state index contributed by atoms with van der Waals surface area (Å²) in [6.45, 7) is 5.27. The molecule has 0 spiro atoms. The van der Waals surface area contributed by atoms with Gasteiger partial charge in [-0.05, 0) is 75.4 Å². The fraction of sp³-hybridized carbons (Fsp3) is 0.875. The number of likely N-dealkylation sites (tertiary alicyclic amines) is 1. The third-order valence-electron chi connectivity index (χ3n) is 5.64. The zero-order valence-corrected chi connectivity index (χ0v) is 11.4. The molecule has 100 valence electrons. The molecule has 2 bridgehead atoms. The second kappa shape index (κ2) is 4.64. The average molecular weight is 246 g/mol. The van der Waals surface area contributed by atoms with Gasteiger partial charge in [0.05, 0.1) is 0 Å². The Hall–Kier alpha value is -0.340. The van der Waals surface area contributed by atoms with E-state index in [1.165, 1.54) is 58.3 Å². The summed E-state index contributed by atoms with van der Waals surface area (Å²) in [7, 11) is 0. The van der Waals surface area contributed by atoms with Gasteiger partial charge >= 0.3 is 0 Å². The van der Waals surface area contributed by atoms with E-state index in [1.54, 1.807) is 0 Å². The molecular weight excluding hydrogens is 220 g/mol. The minimum Gasteiger partial charge on any atom is -0.316 e. The van der Waals surface area contributed by atoms with E-state index in [0.29, 0.717) is 0 Å². The van der Waals surface area contributed by atoms with Crippen molar-refractivity contribution in [3.05, 3.63) is 12.2 Å². The maximum absolute atomic E-state index is 3.77. The summed E-state index contributed by atoms with van der Waals surface area (Å²) < 4.78 is 0. The van der Waals surface area contributed by atoms with Crippen molar-refractivity contribution in [2.75, 3.05) is 26.2 Å². The Bertz CT molecular complexity index is 334. The Kier molecular flexibility index (Phi) is 2.96. The molecule has 1 N–H and O–H groups in total. The molecule has 4 rings (SSSR count). The van der Waals surface area contributed by atoms with Crippen molar-refractivity contribution < 1.29 is 0 Å². The lowest BCUT2D eigenvalue weighted by Crippen LogP contribution is -2.31. The zero-order valence-electron chi connectivity index (χ0n) is 11.4. The van der Waals surface area contributed by atoms with Gasteiger partial charge in [0.2, 0.25) is 0 Å². The standard InChI is InChI=1S/C16H26N2/c1-2-14-7-12(1)8-15(14)10-17-9-13-5-6-18(11-13)16-3-4-16/h1-2,12-17H,3-11H2. The van der Waals surface area contributed by atoms with E-state index in [1.807, 2.05) is 0 Å². The molecule has 1 aliphatic heterocycles.